The Morgan fingerprint density at radius 1 is 1.60 bits per heavy atom. The quantitative estimate of drug-likeness (QED) is 0.774. The van der Waals surface area contributed by atoms with Crippen molar-refractivity contribution in [2.24, 2.45) is 5.92 Å². The number of carbonyl (C=O) groups excluding carboxylic acids is 1. The summed E-state index contributed by atoms with van der Waals surface area (Å²) < 4.78 is 0. The van der Waals surface area contributed by atoms with Gasteiger partial charge in [-0.25, -0.2) is 4.98 Å². The minimum Gasteiger partial charge on any atom is -0.356 e. The van der Waals surface area contributed by atoms with Gasteiger partial charge in [-0.05, 0) is 18.1 Å². The molecule has 1 aromatic rings. The Morgan fingerprint density at radius 3 is 3.13 bits per heavy atom. The van der Waals surface area contributed by atoms with Crippen LogP contribution in [0.5, 0.6) is 0 Å². The fourth-order valence-electron chi connectivity index (χ4n) is 1.68. The van der Waals surface area contributed by atoms with Crippen molar-refractivity contribution < 1.29 is 4.79 Å². The van der Waals surface area contributed by atoms with E-state index < -0.39 is 0 Å². The molecule has 2 unspecified atom stereocenters. The Hall–Kier alpha value is -1.58. The predicted octanol–water partition coefficient (Wildman–Crippen LogP) is 1.86. The predicted molar refractivity (Wildman–Crippen MR) is 59.7 cm³/mol. The van der Waals surface area contributed by atoms with E-state index in [0.29, 0.717) is 5.92 Å². The van der Waals surface area contributed by atoms with E-state index in [9.17, 15) is 4.79 Å². The third-order valence-electron chi connectivity index (χ3n) is 2.85. The highest BCUT2D eigenvalue weighted by Gasteiger charge is 2.29. The van der Waals surface area contributed by atoms with Crippen LogP contribution in [0.2, 0.25) is 0 Å². The molecule has 4 nitrogen and oxygen atoms in total. The molecule has 0 spiro atoms. The van der Waals surface area contributed by atoms with Crippen molar-refractivity contribution in [3.8, 4) is 0 Å². The molecule has 2 rings (SSSR count). The van der Waals surface area contributed by atoms with E-state index in [1.165, 1.54) is 0 Å². The molecule has 1 aliphatic rings. The Labute approximate surface area is 89.1 Å². The fourth-order valence-corrected chi connectivity index (χ4v) is 1.68. The maximum absolute atomic E-state index is 11.8. The molecule has 0 aliphatic carbocycles. The van der Waals surface area contributed by atoms with Crippen molar-refractivity contribution in [3.63, 3.8) is 0 Å². The molecule has 80 valence electrons. The van der Waals surface area contributed by atoms with Crippen LogP contribution in [-0.4, -0.2) is 16.9 Å². The number of fused-ring (bicyclic) bond motifs is 1. The van der Waals surface area contributed by atoms with Crippen LogP contribution in [0.15, 0.2) is 18.3 Å². The van der Waals surface area contributed by atoms with Crippen LogP contribution >= 0.6 is 0 Å². The van der Waals surface area contributed by atoms with E-state index in [4.69, 9.17) is 0 Å². The highest BCUT2D eigenvalue weighted by atomic mass is 16.2. The molecule has 1 aliphatic heterocycles. The molecule has 0 saturated carbocycles. The van der Waals surface area contributed by atoms with Gasteiger partial charge in [0.25, 0.3) is 0 Å². The van der Waals surface area contributed by atoms with Gasteiger partial charge in [0.2, 0.25) is 5.91 Å². The molecule has 2 atom stereocenters. The Balaban J connectivity index is 2.26. The topological polar surface area (TPSA) is 54.0 Å². The lowest BCUT2D eigenvalue weighted by atomic mass is 9.97. The second kappa shape index (κ2) is 3.88. The number of aromatic nitrogens is 1. The number of rotatable bonds is 2. The van der Waals surface area contributed by atoms with Crippen LogP contribution in [0, 0.1) is 5.92 Å². The number of carbonyl (C=O) groups is 1. The summed E-state index contributed by atoms with van der Waals surface area (Å²) in [6.07, 6.45) is 2.68. The summed E-state index contributed by atoms with van der Waals surface area (Å²) in [5.74, 6) is 1.10. The average molecular weight is 205 g/mol. The van der Waals surface area contributed by atoms with Crippen LogP contribution in [0.4, 0.5) is 11.5 Å². The largest absolute Gasteiger partial charge is 0.356 e. The maximum atomic E-state index is 11.8. The SMILES string of the molecule is CCC(C)C1Nc2ncccc2NC1=O. The number of nitrogens with zero attached hydrogens (tertiary/aromatic N) is 1. The molecule has 0 saturated heterocycles. The lowest BCUT2D eigenvalue weighted by molar-refractivity contribution is -0.118. The summed E-state index contributed by atoms with van der Waals surface area (Å²) in [4.78, 5) is 16.0. The molecule has 15 heavy (non-hydrogen) atoms. The van der Waals surface area contributed by atoms with E-state index >= 15 is 0 Å². The maximum Gasteiger partial charge on any atom is 0.247 e. The number of hydrogen-bond acceptors (Lipinski definition) is 3. The molecule has 0 radical (unpaired) electrons. The highest BCUT2D eigenvalue weighted by molar-refractivity contribution is 6.02. The van der Waals surface area contributed by atoms with E-state index in [0.717, 1.165) is 17.9 Å². The molecule has 0 fully saturated rings. The standard InChI is InChI=1S/C11H15N3O/c1-3-7(2)9-11(15)13-8-5-4-6-12-10(8)14-9/h4-7,9H,3H2,1-2H3,(H,12,14)(H,13,15). The number of pyridine rings is 1. The molecule has 0 aromatic carbocycles. The zero-order chi connectivity index (χ0) is 10.8. The summed E-state index contributed by atoms with van der Waals surface area (Å²) >= 11 is 0. The van der Waals surface area contributed by atoms with E-state index in [1.807, 2.05) is 12.1 Å². The zero-order valence-electron chi connectivity index (χ0n) is 8.95. The fraction of sp³-hybridized carbons (Fsp3) is 0.455. The third kappa shape index (κ3) is 1.79. The van der Waals surface area contributed by atoms with Gasteiger partial charge in [0.1, 0.15) is 11.9 Å². The molecular formula is C11H15N3O. The first-order valence-electron chi connectivity index (χ1n) is 5.24. The Bertz CT molecular complexity index is 378. The van der Waals surface area contributed by atoms with E-state index in [1.54, 1.807) is 6.20 Å². The van der Waals surface area contributed by atoms with Crippen LogP contribution in [0.3, 0.4) is 0 Å². The zero-order valence-corrected chi connectivity index (χ0v) is 8.95. The summed E-state index contributed by atoms with van der Waals surface area (Å²) in [6.45, 7) is 4.14. The minimum absolute atomic E-state index is 0.0323. The first-order chi connectivity index (χ1) is 7.22. The molecular weight excluding hydrogens is 190 g/mol. The first kappa shape index (κ1) is 9.96. The summed E-state index contributed by atoms with van der Waals surface area (Å²) in [6, 6.07) is 3.49. The second-order valence-electron chi connectivity index (χ2n) is 3.90. The van der Waals surface area contributed by atoms with Gasteiger partial charge in [-0.15, -0.1) is 0 Å². The molecule has 0 bridgehead atoms. The molecule has 2 heterocycles. The van der Waals surface area contributed by atoms with Gasteiger partial charge < -0.3 is 10.6 Å². The normalized spacial score (nSPS) is 21.2. The minimum atomic E-state index is -0.169. The van der Waals surface area contributed by atoms with Crippen LogP contribution in [0.1, 0.15) is 20.3 Å². The second-order valence-corrected chi connectivity index (χ2v) is 3.90. The van der Waals surface area contributed by atoms with Gasteiger partial charge in [0.15, 0.2) is 0 Å². The van der Waals surface area contributed by atoms with Gasteiger partial charge in [-0.2, -0.15) is 0 Å². The van der Waals surface area contributed by atoms with Gasteiger partial charge >= 0.3 is 0 Å². The summed E-state index contributed by atoms with van der Waals surface area (Å²) in [7, 11) is 0. The number of amides is 1. The number of hydrogen-bond donors (Lipinski definition) is 2. The number of nitrogens with one attached hydrogen (secondary N) is 2. The average Bonchev–Trinajstić information content (AvgIpc) is 2.27. The van der Waals surface area contributed by atoms with Crippen LogP contribution < -0.4 is 10.6 Å². The van der Waals surface area contributed by atoms with Crippen molar-refractivity contribution in [2.45, 2.75) is 26.3 Å². The number of anilines is 2. The monoisotopic (exact) mass is 205 g/mol. The molecule has 2 N–H and O–H groups in total. The molecule has 1 amide bonds. The van der Waals surface area contributed by atoms with Crippen molar-refractivity contribution in [1.82, 2.24) is 4.98 Å². The van der Waals surface area contributed by atoms with Crippen LogP contribution in [0.25, 0.3) is 0 Å². The van der Waals surface area contributed by atoms with Crippen LogP contribution in [-0.2, 0) is 4.79 Å². The third-order valence-corrected chi connectivity index (χ3v) is 2.85. The van der Waals surface area contributed by atoms with Gasteiger partial charge in [-0.1, -0.05) is 20.3 Å². The summed E-state index contributed by atoms with van der Waals surface area (Å²) in [5.41, 5.74) is 0.766. The molecule has 4 heteroatoms. The first-order valence-corrected chi connectivity index (χ1v) is 5.24. The van der Waals surface area contributed by atoms with Crippen molar-refractivity contribution >= 4 is 17.4 Å². The van der Waals surface area contributed by atoms with Gasteiger partial charge in [0.05, 0.1) is 5.69 Å². The van der Waals surface area contributed by atoms with E-state index in [2.05, 4.69) is 29.5 Å². The van der Waals surface area contributed by atoms with Gasteiger partial charge in [-0.3, -0.25) is 4.79 Å². The van der Waals surface area contributed by atoms with E-state index in [-0.39, 0.29) is 11.9 Å². The highest BCUT2D eigenvalue weighted by Crippen LogP contribution is 2.26. The van der Waals surface area contributed by atoms with Crippen molar-refractivity contribution in [3.05, 3.63) is 18.3 Å². The van der Waals surface area contributed by atoms with Crippen molar-refractivity contribution in [1.29, 1.82) is 0 Å². The van der Waals surface area contributed by atoms with Crippen molar-refractivity contribution in [2.75, 3.05) is 10.6 Å². The summed E-state index contributed by atoms with van der Waals surface area (Å²) in [5, 5.41) is 6.04. The smallest absolute Gasteiger partial charge is 0.247 e. The Kier molecular flexibility index (Phi) is 2.58. The lowest BCUT2D eigenvalue weighted by Gasteiger charge is -2.29. The van der Waals surface area contributed by atoms with Gasteiger partial charge in [0, 0.05) is 6.20 Å². The lowest BCUT2D eigenvalue weighted by Crippen LogP contribution is -2.43. The Morgan fingerprint density at radius 2 is 2.40 bits per heavy atom. The molecule has 1 aromatic heterocycles.